The third kappa shape index (κ3) is 2.29. The van der Waals surface area contributed by atoms with Crippen LogP contribution in [0.4, 0.5) is 5.69 Å². The van der Waals surface area contributed by atoms with Crippen molar-refractivity contribution in [3.8, 4) is 0 Å². The monoisotopic (exact) mass is 240 g/mol. The number of carbonyl (C=O) groups is 1. The number of hydrogen-bond donors (Lipinski definition) is 2. The van der Waals surface area contributed by atoms with Crippen LogP contribution in [0.5, 0.6) is 0 Å². The lowest BCUT2D eigenvalue weighted by molar-refractivity contribution is -0.118. The average molecular weight is 240 g/mol. The summed E-state index contributed by atoms with van der Waals surface area (Å²) in [5.41, 5.74) is 0.820. The summed E-state index contributed by atoms with van der Waals surface area (Å²) in [6.45, 7) is 0.567. The highest BCUT2D eigenvalue weighted by molar-refractivity contribution is 7.77. The molecule has 86 valence electrons. The molecule has 0 saturated carbocycles. The van der Waals surface area contributed by atoms with Crippen LogP contribution in [0.25, 0.3) is 0 Å². The van der Waals surface area contributed by atoms with Gasteiger partial charge in [-0.05, 0) is 18.6 Å². The molecule has 0 aromatic heterocycles. The predicted octanol–water partition coefficient (Wildman–Crippen LogP) is 0.518. The van der Waals surface area contributed by atoms with Crippen molar-refractivity contribution < 1.29 is 13.6 Å². The molecule has 2 rings (SSSR count). The average Bonchev–Trinajstić information content (AvgIpc) is 2.61. The molecule has 0 bridgehead atoms. The Morgan fingerprint density at radius 2 is 2.06 bits per heavy atom. The summed E-state index contributed by atoms with van der Waals surface area (Å²) >= 11 is -2.14. The number of para-hydroxylation sites is 1. The lowest BCUT2D eigenvalue weighted by Gasteiger charge is -2.16. The van der Waals surface area contributed by atoms with Gasteiger partial charge in [-0.15, -0.1) is 0 Å². The Morgan fingerprint density at radius 1 is 1.38 bits per heavy atom. The van der Waals surface area contributed by atoms with Crippen LogP contribution in [0, 0.1) is 0 Å². The molecular weight excluding hydrogens is 228 g/mol. The Bertz CT molecular complexity index is 410. The lowest BCUT2D eigenvalue weighted by Crippen LogP contribution is -2.38. The minimum Gasteiger partial charge on any atom is -0.311 e. The minimum absolute atomic E-state index is 0.159. The number of nitrogens with one attached hydrogen (secondary N) is 1. The lowest BCUT2D eigenvalue weighted by atomic mass is 10.3. The molecule has 1 fully saturated rings. The first-order valence-electron chi connectivity index (χ1n) is 4.92. The predicted molar refractivity (Wildman–Crippen MR) is 61.1 cm³/mol. The summed E-state index contributed by atoms with van der Waals surface area (Å²) in [6.07, 6.45) is 0.542. The van der Waals surface area contributed by atoms with E-state index in [1.165, 1.54) is 0 Å². The van der Waals surface area contributed by atoms with E-state index in [0.717, 1.165) is 5.69 Å². The molecular formula is C10H12N2O3S. The quantitative estimate of drug-likeness (QED) is 0.757. The molecule has 1 aromatic carbocycles. The number of hydrogen-bond acceptors (Lipinski definition) is 2. The second-order valence-corrected chi connectivity index (χ2v) is 4.27. The maximum Gasteiger partial charge on any atom is 0.245 e. The van der Waals surface area contributed by atoms with Crippen molar-refractivity contribution in [2.75, 3.05) is 11.4 Å². The van der Waals surface area contributed by atoms with Gasteiger partial charge in [0.15, 0.2) is 0 Å². The Labute approximate surface area is 95.9 Å². The molecule has 1 aliphatic heterocycles. The number of anilines is 1. The molecule has 5 nitrogen and oxygen atoms in total. The van der Waals surface area contributed by atoms with E-state index in [1.807, 2.05) is 30.3 Å². The summed E-state index contributed by atoms with van der Waals surface area (Å²) < 4.78 is 21.6. The van der Waals surface area contributed by atoms with Crippen molar-refractivity contribution in [2.45, 2.75) is 12.5 Å². The van der Waals surface area contributed by atoms with Gasteiger partial charge in [0, 0.05) is 12.2 Å². The molecule has 1 heterocycles. The Balaban J connectivity index is 2.11. The van der Waals surface area contributed by atoms with E-state index in [4.69, 9.17) is 4.55 Å². The molecule has 1 saturated heterocycles. The Kier molecular flexibility index (Phi) is 3.33. The van der Waals surface area contributed by atoms with Crippen molar-refractivity contribution in [2.24, 2.45) is 0 Å². The smallest absolute Gasteiger partial charge is 0.245 e. The van der Waals surface area contributed by atoms with E-state index in [0.29, 0.717) is 13.0 Å². The second kappa shape index (κ2) is 4.73. The maximum absolute atomic E-state index is 11.9. The topological polar surface area (TPSA) is 69.6 Å². The van der Waals surface area contributed by atoms with Crippen molar-refractivity contribution in [1.29, 1.82) is 0 Å². The second-order valence-electron chi connectivity index (χ2n) is 3.53. The summed E-state index contributed by atoms with van der Waals surface area (Å²) in [5, 5.41) is 0. The zero-order valence-corrected chi connectivity index (χ0v) is 9.31. The maximum atomic E-state index is 11.9. The third-order valence-corrected chi connectivity index (χ3v) is 3.00. The Hall–Kier alpha value is -1.24. The minimum atomic E-state index is -2.14. The molecule has 2 atom stereocenters. The van der Waals surface area contributed by atoms with Gasteiger partial charge < -0.3 is 4.90 Å². The van der Waals surface area contributed by atoms with Crippen molar-refractivity contribution >= 4 is 22.9 Å². The SMILES string of the molecule is O=C1C(NS(=O)O)CCN1c1ccccc1. The molecule has 1 aromatic rings. The van der Waals surface area contributed by atoms with Gasteiger partial charge in [-0.1, -0.05) is 18.2 Å². The summed E-state index contributed by atoms with van der Waals surface area (Å²) in [6, 6.07) is 8.71. The molecule has 1 aliphatic rings. The number of carbonyl (C=O) groups excluding carboxylic acids is 1. The molecule has 2 unspecified atom stereocenters. The van der Waals surface area contributed by atoms with Crippen LogP contribution in [-0.2, 0) is 16.1 Å². The van der Waals surface area contributed by atoms with Gasteiger partial charge in [-0.3, -0.25) is 9.35 Å². The van der Waals surface area contributed by atoms with Crippen molar-refractivity contribution in [1.82, 2.24) is 4.72 Å². The zero-order valence-electron chi connectivity index (χ0n) is 8.50. The first kappa shape index (κ1) is 11.3. The Morgan fingerprint density at radius 3 is 2.69 bits per heavy atom. The van der Waals surface area contributed by atoms with Gasteiger partial charge in [0.2, 0.25) is 17.2 Å². The number of benzene rings is 1. The summed E-state index contributed by atoms with van der Waals surface area (Å²) in [4.78, 5) is 13.5. The standard InChI is InChI=1S/C10H12N2O3S/c13-10-9(11-16(14)15)6-7-12(10)8-4-2-1-3-5-8/h1-5,9,11H,6-7H2,(H,14,15). The van der Waals surface area contributed by atoms with Crippen LogP contribution in [0.3, 0.4) is 0 Å². The van der Waals surface area contributed by atoms with Crippen LogP contribution in [0.1, 0.15) is 6.42 Å². The van der Waals surface area contributed by atoms with Crippen molar-refractivity contribution in [3.63, 3.8) is 0 Å². The van der Waals surface area contributed by atoms with Gasteiger partial charge in [-0.25, -0.2) is 8.93 Å². The summed E-state index contributed by atoms with van der Waals surface area (Å²) in [5.74, 6) is -0.159. The first-order valence-corrected chi connectivity index (χ1v) is 6.02. The van der Waals surface area contributed by atoms with E-state index in [9.17, 15) is 9.00 Å². The molecule has 0 spiro atoms. The summed E-state index contributed by atoms with van der Waals surface area (Å²) in [7, 11) is 0. The molecule has 0 aliphatic carbocycles. The molecule has 1 amide bonds. The van der Waals surface area contributed by atoms with Crippen LogP contribution in [0.2, 0.25) is 0 Å². The van der Waals surface area contributed by atoms with E-state index in [1.54, 1.807) is 4.90 Å². The fraction of sp³-hybridized carbons (Fsp3) is 0.300. The van der Waals surface area contributed by atoms with Crippen LogP contribution < -0.4 is 9.62 Å². The van der Waals surface area contributed by atoms with Gasteiger partial charge >= 0.3 is 0 Å². The zero-order chi connectivity index (χ0) is 11.5. The van der Waals surface area contributed by atoms with Gasteiger partial charge in [0.1, 0.15) is 6.04 Å². The van der Waals surface area contributed by atoms with Gasteiger partial charge in [0.25, 0.3) is 0 Å². The molecule has 6 heteroatoms. The van der Waals surface area contributed by atoms with Gasteiger partial charge in [-0.2, -0.15) is 0 Å². The highest BCUT2D eigenvalue weighted by atomic mass is 32.2. The van der Waals surface area contributed by atoms with Crippen LogP contribution in [0.15, 0.2) is 30.3 Å². The fourth-order valence-electron chi connectivity index (χ4n) is 1.78. The van der Waals surface area contributed by atoms with E-state index < -0.39 is 17.3 Å². The van der Waals surface area contributed by atoms with Crippen molar-refractivity contribution in [3.05, 3.63) is 30.3 Å². The van der Waals surface area contributed by atoms with Gasteiger partial charge in [0.05, 0.1) is 0 Å². The molecule has 0 radical (unpaired) electrons. The van der Waals surface area contributed by atoms with E-state index >= 15 is 0 Å². The number of rotatable bonds is 3. The molecule has 16 heavy (non-hydrogen) atoms. The third-order valence-electron chi connectivity index (χ3n) is 2.52. The van der Waals surface area contributed by atoms with E-state index in [2.05, 4.69) is 4.72 Å². The first-order chi connectivity index (χ1) is 7.68. The highest BCUT2D eigenvalue weighted by Gasteiger charge is 2.33. The highest BCUT2D eigenvalue weighted by Crippen LogP contribution is 2.20. The number of amides is 1. The molecule has 2 N–H and O–H groups in total. The van der Waals surface area contributed by atoms with Crippen LogP contribution >= 0.6 is 0 Å². The van der Waals surface area contributed by atoms with Crippen LogP contribution in [-0.4, -0.2) is 27.3 Å². The fourth-order valence-corrected chi connectivity index (χ4v) is 2.24. The normalized spacial score (nSPS) is 22.4. The number of nitrogens with zero attached hydrogens (tertiary/aromatic N) is 1. The van der Waals surface area contributed by atoms with E-state index in [-0.39, 0.29) is 5.91 Å². The largest absolute Gasteiger partial charge is 0.311 e.